The normalized spacial score (nSPS) is 19.2. The Morgan fingerprint density at radius 3 is 2.95 bits per heavy atom. The number of aromatic nitrogens is 1. The summed E-state index contributed by atoms with van der Waals surface area (Å²) in [5.74, 6) is -0.0932. The average Bonchev–Trinajstić information content (AvgIpc) is 2.53. The molecule has 1 amide bonds. The van der Waals surface area contributed by atoms with E-state index in [-0.39, 0.29) is 5.91 Å². The number of nitrogens with zero attached hydrogens (tertiary/aromatic N) is 2. The highest BCUT2D eigenvalue weighted by Gasteiger charge is 2.17. The van der Waals surface area contributed by atoms with E-state index in [4.69, 9.17) is 0 Å². The predicted molar refractivity (Wildman–Crippen MR) is 85.6 cm³/mol. The highest BCUT2D eigenvalue weighted by molar-refractivity contribution is 5.92. The maximum absolute atomic E-state index is 12.0. The molecule has 5 heteroatoms. The van der Waals surface area contributed by atoms with Crippen LogP contribution in [-0.4, -0.2) is 48.5 Å². The molecule has 0 bridgehead atoms. The van der Waals surface area contributed by atoms with Gasteiger partial charge in [-0.25, -0.2) is 4.98 Å². The van der Waals surface area contributed by atoms with Crippen molar-refractivity contribution in [3.05, 3.63) is 24.0 Å². The van der Waals surface area contributed by atoms with Crippen LogP contribution >= 0.6 is 0 Å². The maximum Gasteiger partial charge on any atom is 0.269 e. The van der Waals surface area contributed by atoms with Crippen molar-refractivity contribution in [2.75, 3.05) is 32.0 Å². The first kappa shape index (κ1) is 15.8. The molecule has 0 spiro atoms. The first-order chi connectivity index (χ1) is 10.2. The monoisotopic (exact) mass is 290 g/mol. The van der Waals surface area contributed by atoms with Crippen LogP contribution in [-0.2, 0) is 0 Å². The molecule has 0 aliphatic carbocycles. The Hall–Kier alpha value is -1.62. The van der Waals surface area contributed by atoms with Crippen molar-refractivity contribution in [2.45, 2.75) is 38.6 Å². The third kappa shape index (κ3) is 4.70. The molecular formula is C16H26N4O. The Balaban J connectivity index is 1.68. The summed E-state index contributed by atoms with van der Waals surface area (Å²) in [7, 11) is 1.83. The van der Waals surface area contributed by atoms with Crippen LogP contribution < -0.4 is 10.6 Å². The van der Waals surface area contributed by atoms with Gasteiger partial charge in [0.25, 0.3) is 5.91 Å². The van der Waals surface area contributed by atoms with E-state index in [0.29, 0.717) is 18.3 Å². The molecule has 1 atom stereocenters. The Bertz CT molecular complexity index is 446. The smallest absolute Gasteiger partial charge is 0.269 e. The summed E-state index contributed by atoms with van der Waals surface area (Å²) in [5, 5.41) is 5.93. The first-order valence-electron chi connectivity index (χ1n) is 7.87. The summed E-state index contributed by atoms with van der Waals surface area (Å²) in [6.45, 7) is 5.26. The van der Waals surface area contributed by atoms with Gasteiger partial charge >= 0.3 is 0 Å². The zero-order valence-corrected chi connectivity index (χ0v) is 13.1. The van der Waals surface area contributed by atoms with Crippen molar-refractivity contribution in [1.82, 2.24) is 15.2 Å². The third-order valence-corrected chi connectivity index (χ3v) is 4.13. The van der Waals surface area contributed by atoms with Gasteiger partial charge in [-0.05, 0) is 44.9 Å². The molecular weight excluding hydrogens is 264 g/mol. The lowest BCUT2D eigenvalue weighted by Gasteiger charge is -2.33. The van der Waals surface area contributed by atoms with E-state index >= 15 is 0 Å². The van der Waals surface area contributed by atoms with Crippen molar-refractivity contribution in [3.63, 3.8) is 0 Å². The second-order valence-corrected chi connectivity index (χ2v) is 5.67. The Morgan fingerprint density at radius 1 is 1.43 bits per heavy atom. The van der Waals surface area contributed by atoms with Gasteiger partial charge in [-0.1, -0.05) is 6.42 Å². The molecule has 0 aromatic carbocycles. The van der Waals surface area contributed by atoms with Crippen molar-refractivity contribution < 1.29 is 4.79 Å². The van der Waals surface area contributed by atoms with Crippen molar-refractivity contribution in [3.8, 4) is 0 Å². The SMILES string of the molecule is CNc1ccc(C(=O)NCCCN2CCCCC2C)nc1. The highest BCUT2D eigenvalue weighted by atomic mass is 16.1. The van der Waals surface area contributed by atoms with Crippen molar-refractivity contribution in [1.29, 1.82) is 0 Å². The van der Waals surface area contributed by atoms with Gasteiger partial charge in [0.05, 0.1) is 11.9 Å². The van der Waals surface area contributed by atoms with Crippen LogP contribution in [0.1, 0.15) is 43.1 Å². The third-order valence-electron chi connectivity index (χ3n) is 4.13. The van der Waals surface area contributed by atoms with Crippen LogP contribution in [0.25, 0.3) is 0 Å². The second kappa shape index (κ2) is 7.98. The van der Waals surface area contributed by atoms with Gasteiger partial charge in [0.15, 0.2) is 0 Å². The average molecular weight is 290 g/mol. The topological polar surface area (TPSA) is 57.3 Å². The fourth-order valence-corrected chi connectivity index (χ4v) is 2.74. The predicted octanol–water partition coefficient (Wildman–Crippen LogP) is 2.12. The van der Waals surface area contributed by atoms with E-state index in [1.165, 1.54) is 25.8 Å². The molecule has 1 aliphatic heterocycles. The number of anilines is 1. The molecule has 1 aromatic rings. The highest BCUT2D eigenvalue weighted by Crippen LogP contribution is 2.16. The van der Waals surface area contributed by atoms with E-state index in [2.05, 4.69) is 27.4 Å². The molecule has 1 saturated heterocycles. The van der Waals surface area contributed by atoms with E-state index < -0.39 is 0 Å². The molecule has 116 valence electrons. The van der Waals surface area contributed by atoms with E-state index in [1.54, 1.807) is 12.3 Å². The molecule has 1 aliphatic rings. The van der Waals surface area contributed by atoms with Crippen molar-refractivity contribution >= 4 is 11.6 Å². The summed E-state index contributed by atoms with van der Waals surface area (Å²) in [6, 6.07) is 4.29. The Kier molecular flexibility index (Phi) is 5.99. The molecule has 1 fully saturated rings. The van der Waals surface area contributed by atoms with Gasteiger partial charge in [0.1, 0.15) is 5.69 Å². The largest absolute Gasteiger partial charge is 0.387 e. The first-order valence-corrected chi connectivity index (χ1v) is 7.87. The summed E-state index contributed by atoms with van der Waals surface area (Å²) < 4.78 is 0. The summed E-state index contributed by atoms with van der Waals surface area (Å²) in [4.78, 5) is 18.6. The fourth-order valence-electron chi connectivity index (χ4n) is 2.74. The molecule has 0 radical (unpaired) electrons. The zero-order valence-electron chi connectivity index (χ0n) is 13.1. The van der Waals surface area contributed by atoms with Crippen molar-refractivity contribution in [2.24, 2.45) is 0 Å². The number of rotatable bonds is 6. The number of likely N-dealkylation sites (tertiary alicyclic amines) is 1. The van der Waals surface area contributed by atoms with Crippen LogP contribution in [0, 0.1) is 0 Å². The lowest BCUT2D eigenvalue weighted by Crippen LogP contribution is -2.39. The molecule has 2 heterocycles. The van der Waals surface area contributed by atoms with Crippen LogP contribution in [0.4, 0.5) is 5.69 Å². The molecule has 2 N–H and O–H groups in total. The quantitative estimate of drug-likeness (QED) is 0.788. The van der Waals surface area contributed by atoms with Gasteiger partial charge in [0, 0.05) is 26.2 Å². The Morgan fingerprint density at radius 2 is 2.29 bits per heavy atom. The van der Waals surface area contributed by atoms with Gasteiger partial charge in [-0.2, -0.15) is 0 Å². The molecule has 21 heavy (non-hydrogen) atoms. The minimum absolute atomic E-state index is 0.0932. The van der Waals surface area contributed by atoms with Gasteiger partial charge in [0.2, 0.25) is 0 Å². The lowest BCUT2D eigenvalue weighted by molar-refractivity contribution is 0.0944. The number of nitrogens with one attached hydrogen (secondary N) is 2. The fraction of sp³-hybridized carbons (Fsp3) is 0.625. The summed E-state index contributed by atoms with van der Waals surface area (Å²) >= 11 is 0. The summed E-state index contributed by atoms with van der Waals surface area (Å²) in [6.07, 6.45) is 6.62. The standard InChI is InChI=1S/C16H26N4O/c1-13-6-3-4-10-20(13)11-5-9-18-16(21)15-8-7-14(17-2)12-19-15/h7-8,12-13,17H,3-6,9-11H2,1-2H3,(H,18,21). The van der Waals surface area contributed by atoms with Gasteiger partial charge in [-0.3, -0.25) is 4.79 Å². The van der Waals surface area contributed by atoms with Crippen LogP contribution in [0.2, 0.25) is 0 Å². The molecule has 1 unspecified atom stereocenters. The van der Waals surface area contributed by atoms with Gasteiger partial charge < -0.3 is 15.5 Å². The zero-order chi connectivity index (χ0) is 15.1. The lowest BCUT2D eigenvalue weighted by atomic mass is 10.0. The van der Waals surface area contributed by atoms with Crippen LogP contribution in [0.15, 0.2) is 18.3 Å². The van der Waals surface area contributed by atoms with Crippen LogP contribution in [0.3, 0.4) is 0 Å². The molecule has 1 aromatic heterocycles. The van der Waals surface area contributed by atoms with Gasteiger partial charge in [-0.15, -0.1) is 0 Å². The van der Waals surface area contributed by atoms with Crippen LogP contribution in [0.5, 0.6) is 0 Å². The Labute approximate surface area is 127 Å². The number of carbonyl (C=O) groups excluding carboxylic acids is 1. The molecule has 5 nitrogen and oxygen atoms in total. The molecule has 2 rings (SSSR count). The van der Waals surface area contributed by atoms with E-state index in [0.717, 1.165) is 18.7 Å². The number of amides is 1. The summed E-state index contributed by atoms with van der Waals surface area (Å²) in [5.41, 5.74) is 1.38. The molecule has 0 saturated carbocycles. The number of pyridine rings is 1. The minimum Gasteiger partial charge on any atom is -0.387 e. The second-order valence-electron chi connectivity index (χ2n) is 5.67. The number of carbonyl (C=O) groups is 1. The number of hydrogen-bond acceptors (Lipinski definition) is 4. The number of hydrogen-bond donors (Lipinski definition) is 2. The van der Waals surface area contributed by atoms with E-state index in [9.17, 15) is 4.79 Å². The van der Waals surface area contributed by atoms with E-state index in [1.807, 2.05) is 13.1 Å². The number of piperidine rings is 1. The minimum atomic E-state index is -0.0932. The maximum atomic E-state index is 12.0.